The maximum atomic E-state index is 13.0. The number of hydrogen-bond acceptors (Lipinski definition) is 9. The minimum atomic E-state index is -0.441. The van der Waals surface area contributed by atoms with E-state index in [2.05, 4.69) is 32.2 Å². The van der Waals surface area contributed by atoms with E-state index in [1.165, 1.54) is 11.6 Å². The first-order valence-corrected chi connectivity index (χ1v) is 13.6. The van der Waals surface area contributed by atoms with E-state index < -0.39 is 12.1 Å². The Bertz CT molecular complexity index is 1050. The van der Waals surface area contributed by atoms with Gasteiger partial charge in [0.15, 0.2) is 11.5 Å². The number of carbonyl (C=O) groups is 1. The van der Waals surface area contributed by atoms with Crippen LogP contribution in [-0.4, -0.2) is 83.6 Å². The highest BCUT2D eigenvalue weighted by Gasteiger charge is 2.72. The lowest BCUT2D eigenvalue weighted by molar-refractivity contribution is -0.166. The van der Waals surface area contributed by atoms with Crippen LogP contribution in [0.2, 0.25) is 0 Å². The van der Waals surface area contributed by atoms with Gasteiger partial charge in [-0.1, -0.05) is 11.6 Å². The van der Waals surface area contributed by atoms with Crippen LogP contribution in [0.1, 0.15) is 45.6 Å². The molecule has 1 saturated carbocycles. The third kappa shape index (κ3) is 6.43. The fourth-order valence-electron chi connectivity index (χ4n) is 5.82. The highest BCUT2D eigenvalue weighted by molar-refractivity contribution is 5.87. The minimum absolute atomic E-state index is 0.0231. The largest absolute Gasteiger partial charge is 0.493 e. The van der Waals surface area contributed by atoms with Crippen LogP contribution in [-0.2, 0) is 23.7 Å². The first-order chi connectivity index (χ1) is 18.7. The lowest BCUT2D eigenvalue weighted by Crippen LogP contribution is -2.55. The van der Waals surface area contributed by atoms with Gasteiger partial charge in [0, 0.05) is 19.7 Å². The van der Waals surface area contributed by atoms with Gasteiger partial charge < -0.3 is 38.5 Å². The number of nitrogens with one attached hydrogen (secondary N) is 1. The number of esters is 1. The molecule has 0 radical (unpaired) electrons. The summed E-state index contributed by atoms with van der Waals surface area (Å²) in [7, 11) is 6.66. The molecule has 0 unspecified atom stereocenters. The zero-order chi connectivity index (χ0) is 28.2. The Balaban J connectivity index is 1.45. The van der Waals surface area contributed by atoms with E-state index in [4.69, 9.17) is 33.2 Å². The van der Waals surface area contributed by atoms with Gasteiger partial charge in [0.05, 0.1) is 32.8 Å². The van der Waals surface area contributed by atoms with Crippen molar-refractivity contribution in [1.82, 2.24) is 5.32 Å². The van der Waals surface area contributed by atoms with Gasteiger partial charge in [0.1, 0.15) is 30.0 Å². The van der Waals surface area contributed by atoms with Crippen LogP contribution >= 0.6 is 0 Å². The Hall–Kier alpha value is -2.59. The van der Waals surface area contributed by atoms with Gasteiger partial charge in [-0.05, 0) is 70.9 Å². The molecule has 0 bridgehead atoms. The van der Waals surface area contributed by atoms with Crippen molar-refractivity contribution < 1.29 is 38.0 Å². The van der Waals surface area contributed by atoms with Crippen molar-refractivity contribution in [2.75, 3.05) is 48.1 Å². The second kappa shape index (κ2) is 12.3. The molecule has 1 aliphatic carbocycles. The van der Waals surface area contributed by atoms with Crippen molar-refractivity contribution in [2.24, 2.45) is 5.92 Å². The predicted octanol–water partition coefficient (Wildman–Crippen LogP) is 3.93. The first-order valence-electron chi connectivity index (χ1n) is 13.6. The Morgan fingerprint density at radius 1 is 1.18 bits per heavy atom. The molecule has 1 aromatic rings. The zero-order valence-corrected chi connectivity index (χ0v) is 24.2. The van der Waals surface area contributed by atoms with Gasteiger partial charge in [-0.3, -0.25) is 0 Å². The molecular weight excluding hydrogens is 502 g/mol. The molecule has 3 fully saturated rings. The van der Waals surface area contributed by atoms with Gasteiger partial charge in [-0.25, -0.2) is 4.79 Å². The van der Waals surface area contributed by atoms with Crippen LogP contribution in [0.4, 0.5) is 0 Å². The van der Waals surface area contributed by atoms with Crippen LogP contribution < -0.4 is 19.5 Å². The molecule has 0 amide bonds. The summed E-state index contributed by atoms with van der Waals surface area (Å²) in [5, 5.41) is 3.04. The Morgan fingerprint density at radius 3 is 2.44 bits per heavy atom. The van der Waals surface area contributed by atoms with Crippen LogP contribution in [0.25, 0.3) is 6.08 Å². The SMILES string of the molecule is CNCCOc1c(OC)cc(/C=C/C(=O)O[C@@H]2CC[C@]3(CO3)[C@@H]([C@@]3(C)O[C@@H]3CC=C(C)C)[C@@H]2OC)cc1OC. The van der Waals surface area contributed by atoms with Crippen molar-refractivity contribution in [2.45, 2.75) is 69.5 Å². The smallest absolute Gasteiger partial charge is 0.331 e. The summed E-state index contributed by atoms with van der Waals surface area (Å²) in [5.74, 6) is 1.08. The molecule has 9 nitrogen and oxygen atoms in total. The van der Waals surface area contributed by atoms with E-state index in [0.29, 0.717) is 43.4 Å². The molecule has 1 spiro atoms. The summed E-state index contributed by atoms with van der Waals surface area (Å²) < 4.78 is 41.0. The standard InChI is InChI=1S/C30H43NO8/c1-19(2)8-10-24-29(3,39-24)28-27(35-7)21(12-13-30(28)18-37-30)38-25(32)11-9-20-16-22(33-5)26(23(17-20)34-6)36-15-14-31-4/h8-9,11,16-17,21,24,27-28,31H,10,12-15,18H2,1-7H3/b11-9+/t21-,24-,27-,28-,29+,30+/m1/s1. The van der Waals surface area contributed by atoms with Crippen molar-refractivity contribution in [3.8, 4) is 17.2 Å². The van der Waals surface area contributed by atoms with E-state index in [1.54, 1.807) is 39.5 Å². The number of benzene rings is 1. The second-order valence-corrected chi connectivity index (χ2v) is 10.9. The van der Waals surface area contributed by atoms with Crippen molar-refractivity contribution in [3.05, 3.63) is 35.4 Å². The van der Waals surface area contributed by atoms with Crippen LogP contribution in [0.15, 0.2) is 29.9 Å². The number of carbonyl (C=O) groups excluding carboxylic acids is 1. The molecule has 9 heteroatoms. The number of rotatable bonds is 13. The maximum Gasteiger partial charge on any atom is 0.331 e. The number of methoxy groups -OCH3 is 3. The molecule has 3 aliphatic rings. The Kier molecular flexibility index (Phi) is 9.26. The summed E-state index contributed by atoms with van der Waals surface area (Å²) in [6.07, 6.45) is 7.00. The fourth-order valence-corrected chi connectivity index (χ4v) is 5.82. The monoisotopic (exact) mass is 545 g/mol. The highest BCUT2D eigenvalue weighted by atomic mass is 16.6. The third-order valence-electron chi connectivity index (χ3n) is 8.00. The van der Waals surface area contributed by atoms with Crippen LogP contribution in [0, 0.1) is 5.92 Å². The van der Waals surface area contributed by atoms with E-state index in [0.717, 1.165) is 18.4 Å². The summed E-state index contributed by atoms with van der Waals surface area (Å²) >= 11 is 0. The molecule has 4 rings (SSSR count). The maximum absolute atomic E-state index is 13.0. The van der Waals surface area contributed by atoms with Gasteiger partial charge in [0.25, 0.3) is 0 Å². The number of ether oxygens (including phenoxy) is 7. The van der Waals surface area contributed by atoms with Crippen molar-refractivity contribution in [1.29, 1.82) is 0 Å². The molecule has 39 heavy (non-hydrogen) atoms. The van der Waals surface area contributed by atoms with Crippen molar-refractivity contribution in [3.63, 3.8) is 0 Å². The normalized spacial score (nSPS) is 31.2. The lowest BCUT2D eigenvalue weighted by Gasteiger charge is -2.42. The summed E-state index contributed by atoms with van der Waals surface area (Å²) in [5.41, 5.74) is 1.34. The molecule has 6 atom stereocenters. The molecule has 2 aliphatic heterocycles. The van der Waals surface area contributed by atoms with E-state index in [-0.39, 0.29) is 29.3 Å². The lowest BCUT2D eigenvalue weighted by atomic mass is 9.68. The third-order valence-corrected chi connectivity index (χ3v) is 8.00. The van der Waals surface area contributed by atoms with Gasteiger partial charge in [-0.15, -0.1) is 0 Å². The molecular formula is C30H43NO8. The molecule has 1 aromatic carbocycles. The molecule has 216 valence electrons. The summed E-state index contributed by atoms with van der Waals surface area (Å²) in [6, 6.07) is 3.59. The average Bonchev–Trinajstić information content (AvgIpc) is 3.84. The topological polar surface area (TPSA) is 100 Å². The molecule has 1 N–H and O–H groups in total. The highest BCUT2D eigenvalue weighted by Crippen LogP contribution is 2.59. The predicted molar refractivity (Wildman–Crippen MR) is 147 cm³/mol. The zero-order valence-electron chi connectivity index (χ0n) is 24.2. The van der Waals surface area contributed by atoms with Crippen LogP contribution in [0.5, 0.6) is 17.2 Å². The fraction of sp³-hybridized carbons (Fsp3) is 0.633. The summed E-state index contributed by atoms with van der Waals surface area (Å²) in [6.45, 7) is 8.13. The Labute approximate surface area is 231 Å². The van der Waals surface area contributed by atoms with Crippen molar-refractivity contribution >= 4 is 12.0 Å². The quantitative estimate of drug-likeness (QED) is 0.130. The van der Waals surface area contributed by atoms with E-state index in [9.17, 15) is 4.79 Å². The summed E-state index contributed by atoms with van der Waals surface area (Å²) in [4.78, 5) is 13.0. The van der Waals surface area contributed by atoms with E-state index in [1.807, 2.05) is 7.05 Å². The van der Waals surface area contributed by atoms with Gasteiger partial charge >= 0.3 is 5.97 Å². The number of hydrogen-bond donors (Lipinski definition) is 1. The van der Waals surface area contributed by atoms with Crippen LogP contribution in [0.3, 0.4) is 0 Å². The first kappa shape index (κ1) is 29.4. The van der Waals surface area contributed by atoms with Gasteiger partial charge in [-0.2, -0.15) is 0 Å². The number of allylic oxidation sites excluding steroid dienone is 1. The Morgan fingerprint density at radius 2 is 1.87 bits per heavy atom. The minimum Gasteiger partial charge on any atom is -0.493 e. The van der Waals surface area contributed by atoms with E-state index >= 15 is 0 Å². The number of likely N-dealkylation sites (N-methyl/N-ethyl adjacent to an activating group) is 1. The molecule has 0 aromatic heterocycles. The number of epoxide rings is 2. The average molecular weight is 546 g/mol. The molecule has 2 saturated heterocycles. The second-order valence-electron chi connectivity index (χ2n) is 10.9. The van der Waals surface area contributed by atoms with Gasteiger partial charge in [0.2, 0.25) is 5.75 Å². The molecule has 2 heterocycles.